The van der Waals surface area contributed by atoms with Crippen molar-refractivity contribution in [3.05, 3.63) is 47.5 Å². The SMILES string of the molecule is C=C1C(=O)[C@@]23C(=O)OC[C@]4([C@@H](OC(C)=O)CCC(C)(C)[C@H]4C=O)[C@@H]2CC[C@H]1[C@H]3OC(=O)c1ccc(C(F)(F)F)cc1. The van der Waals surface area contributed by atoms with Gasteiger partial charge in [-0.1, -0.05) is 20.4 Å². The Labute approximate surface area is 234 Å². The van der Waals surface area contributed by atoms with E-state index in [2.05, 4.69) is 6.58 Å². The zero-order valence-corrected chi connectivity index (χ0v) is 22.9. The number of fused-ring (bicyclic) bond motifs is 2. The Hall–Kier alpha value is -3.50. The number of ether oxygens (including phenoxy) is 3. The summed E-state index contributed by atoms with van der Waals surface area (Å²) in [6.45, 7) is 8.66. The lowest BCUT2D eigenvalue weighted by Gasteiger charge is -2.62. The molecule has 1 aromatic carbocycles. The first-order valence-corrected chi connectivity index (χ1v) is 13.5. The Bertz CT molecular complexity index is 1330. The van der Waals surface area contributed by atoms with Crippen LogP contribution in [0, 0.1) is 34.0 Å². The Balaban J connectivity index is 1.62. The molecule has 1 aliphatic heterocycles. The number of rotatable bonds is 4. The molecule has 0 aromatic heterocycles. The van der Waals surface area contributed by atoms with Gasteiger partial charge in [-0.25, -0.2) is 4.79 Å². The van der Waals surface area contributed by atoms with Gasteiger partial charge in [0.15, 0.2) is 11.2 Å². The minimum Gasteiger partial charge on any atom is -0.464 e. The Morgan fingerprint density at radius 3 is 2.32 bits per heavy atom. The third kappa shape index (κ3) is 4.06. The molecule has 2 spiro atoms. The number of esters is 3. The van der Waals surface area contributed by atoms with Gasteiger partial charge in [0.05, 0.1) is 16.5 Å². The van der Waals surface area contributed by atoms with Gasteiger partial charge in [-0.2, -0.15) is 13.2 Å². The first-order valence-electron chi connectivity index (χ1n) is 13.5. The average molecular weight is 577 g/mol. The number of hydrogen-bond acceptors (Lipinski definition) is 8. The van der Waals surface area contributed by atoms with Crippen molar-refractivity contribution in [2.24, 2.45) is 34.0 Å². The van der Waals surface area contributed by atoms with E-state index in [-0.39, 0.29) is 30.6 Å². The van der Waals surface area contributed by atoms with Crippen LogP contribution in [-0.4, -0.2) is 48.8 Å². The summed E-state index contributed by atoms with van der Waals surface area (Å²) in [6, 6.07) is 3.41. The fourth-order valence-corrected chi connectivity index (χ4v) is 8.09. The molecule has 41 heavy (non-hydrogen) atoms. The number of ketones is 1. The van der Waals surface area contributed by atoms with Crippen molar-refractivity contribution >= 4 is 30.0 Å². The number of carbonyl (C=O) groups is 5. The second-order valence-corrected chi connectivity index (χ2v) is 12.3. The van der Waals surface area contributed by atoms with Crippen LogP contribution in [0.1, 0.15) is 62.4 Å². The van der Waals surface area contributed by atoms with E-state index in [4.69, 9.17) is 14.2 Å². The predicted molar refractivity (Wildman–Crippen MR) is 135 cm³/mol. The van der Waals surface area contributed by atoms with Gasteiger partial charge in [0.1, 0.15) is 25.1 Å². The van der Waals surface area contributed by atoms with Crippen molar-refractivity contribution in [2.75, 3.05) is 6.61 Å². The molecule has 3 saturated carbocycles. The summed E-state index contributed by atoms with van der Waals surface area (Å²) >= 11 is 0. The summed E-state index contributed by atoms with van der Waals surface area (Å²) < 4.78 is 56.5. The summed E-state index contributed by atoms with van der Waals surface area (Å²) in [5.74, 6) is -5.60. The van der Waals surface area contributed by atoms with E-state index in [0.29, 0.717) is 12.8 Å². The van der Waals surface area contributed by atoms with Crippen LogP contribution in [0.25, 0.3) is 0 Å². The number of carbonyl (C=O) groups excluding carboxylic acids is 5. The maximum Gasteiger partial charge on any atom is 0.416 e. The number of halogens is 3. The molecular weight excluding hydrogens is 545 g/mol. The lowest BCUT2D eigenvalue weighted by atomic mass is 9.43. The van der Waals surface area contributed by atoms with Crippen LogP contribution in [0.15, 0.2) is 36.4 Å². The minimum atomic E-state index is -4.61. The van der Waals surface area contributed by atoms with Gasteiger partial charge < -0.3 is 19.0 Å². The van der Waals surface area contributed by atoms with Crippen LogP contribution in [0.4, 0.5) is 13.2 Å². The fourth-order valence-electron chi connectivity index (χ4n) is 8.09. The molecule has 1 heterocycles. The maximum absolute atomic E-state index is 14.0. The van der Waals surface area contributed by atoms with Crippen LogP contribution >= 0.6 is 0 Å². The molecule has 4 aliphatic rings. The molecule has 4 fully saturated rings. The van der Waals surface area contributed by atoms with Gasteiger partial charge in [0, 0.05) is 18.8 Å². The molecule has 0 amide bonds. The smallest absolute Gasteiger partial charge is 0.416 e. The molecule has 0 N–H and O–H groups in total. The van der Waals surface area contributed by atoms with Gasteiger partial charge in [-0.15, -0.1) is 0 Å². The van der Waals surface area contributed by atoms with Crippen LogP contribution in [0.5, 0.6) is 0 Å². The van der Waals surface area contributed by atoms with Gasteiger partial charge in [0.25, 0.3) is 0 Å². The lowest BCUT2D eigenvalue weighted by Crippen LogP contribution is -2.71. The molecule has 7 atom stereocenters. The van der Waals surface area contributed by atoms with E-state index < -0.39 is 81.6 Å². The number of cyclic esters (lactones) is 1. The molecule has 3 aliphatic carbocycles. The first kappa shape index (κ1) is 29.0. The Kier molecular flexibility index (Phi) is 6.74. The summed E-state index contributed by atoms with van der Waals surface area (Å²) in [5.41, 5.74) is -5.02. The highest BCUT2D eigenvalue weighted by Gasteiger charge is 2.79. The standard InChI is InChI=1S/C30H31F3O8/c1-15-19-9-10-20-28(21(13-34)27(3,4)12-11-22(28)40-16(2)35)14-39-26(38)29(20,23(15)36)24(19)41-25(37)17-5-7-18(8-6-17)30(31,32)33/h5-8,13,19-22,24H,1,9-12,14H2,2-4H3/t19-,20+,21-,22+,24-,28+,29+/m1/s1. The number of alkyl halides is 3. The topological polar surface area (TPSA) is 113 Å². The zero-order valence-electron chi connectivity index (χ0n) is 22.9. The molecule has 11 heteroatoms. The van der Waals surface area contributed by atoms with E-state index in [1.807, 2.05) is 13.8 Å². The molecule has 5 rings (SSSR count). The van der Waals surface area contributed by atoms with Crippen molar-refractivity contribution in [3.63, 3.8) is 0 Å². The third-order valence-corrected chi connectivity index (χ3v) is 9.88. The second kappa shape index (κ2) is 9.52. The molecule has 0 unspecified atom stereocenters. The molecule has 8 nitrogen and oxygen atoms in total. The number of Topliss-reactive ketones (excluding diaryl/α,β-unsaturated/α-hetero) is 1. The molecule has 2 bridgehead atoms. The molecule has 1 saturated heterocycles. The quantitative estimate of drug-likeness (QED) is 0.169. The summed E-state index contributed by atoms with van der Waals surface area (Å²) in [4.78, 5) is 66.0. The van der Waals surface area contributed by atoms with Crippen LogP contribution in [-0.2, 0) is 39.6 Å². The van der Waals surface area contributed by atoms with Crippen molar-refractivity contribution in [1.82, 2.24) is 0 Å². The van der Waals surface area contributed by atoms with Crippen LogP contribution < -0.4 is 0 Å². The van der Waals surface area contributed by atoms with Crippen molar-refractivity contribution < 1.29 is 51.4 Å². The maximum atomic E-state index is 14.0. The van der Waals surface area contributed by atoms with Crippen LogP contribution in [0.3, 0.4) is 0 Å². The zero-order chi connectivity index (χ0) is 30.1. The monoisotopic (exact) mass is 576 g/mol. The molecule has 0 radical (unpaired) electrons. The Morgan fingerprint density at radius 2 is 1.73 bits per heavy atom. The summed E-state index contributed by atoms with van der Waals surface area (Å²) in [7, 11) is 0. The van der Waals surface area contributed by atoms with E-state index in [0.717, 1.165) is 30.6 Å². The second-order valence-electron chi connectivity index (χ2n) is 12.3. The highest BCUT2D eigenvalue weighted by atomic mass is 19.4. The largest absolute Gasteiger partial charge is 0.464 e. The van der Waals surface area contributed by atoms with E-state index >= 15 is 0 Å². The van der Waals surface area contributed by atoms with Gasteiger partial charge >= 0.3 is 24.1 Å². The number of aldehydes is 1. The molecule has 220 valence electrons. The third-order valence-electron chi connectivity index (χ3n) is 9.88. The first-order chi connectivity index (χ1) is 19.1. The highest BCUT2D eigenvalue weighted by molar-refractivity contribution is 6.16. The predicted octanol–water partition coefficient (Wildman–Crippen LogP) is 4.49. The highest BCUT2D eigenvalue weighted by Crippen LogP contribution is 2.68. The van der Waals surface area contributed by atoms with Crippen LogP contribution in [0.2, 0.25) is 0 Å². The normalized spacial score (nSPS) is 35.9. The fraction of sp³-hybridized carbons (Fsp3) is 0.567. The van der Waals surface area contributed by atoms with Crippen molar-refractivity contribution in [1.29, 1.82) is 0 Å². The van der Waals surface area contributed by atoms with Gasteiger partial charge in [-0.05, 0) is 66.9 Å². The number of benzene rings is 1. The summed E-state index contributed by atoms with van der Waals surface area (Å²) in [5, 5.41) is 0. The van der Waals surface area contributed by atoms with E-state index in [9.17, 15) is 37.1 Å². The van der Waals surface area contributed by atoms with Gasteiger partial charge in [0.2, 0.25) is 0 Å². The van der Waals surface area contributed by atoms with E-state index in [1.165, 1.54) is 6.92 Å². The van der Waals surface area contributed by atoms with Crippen molar-refractivity contribution in [2.45, 2.75) is 64.8 Å². The summed E-state index contributed by atoms with van der Waals surface area (Å²) in [6.07, 6.45) is -4.62. The molecular formula is C30H31F3O8. The van der Waals surface area contributed by atoms with Crippen molar-refractivity contribution in [3.8, 4) is 0 Å². The minimum absolute atomic E-state index is 0.0773. The number of hydrogen-bond donors (Lipinski definition) is 0. The molecule has 1 aromatic rings. The van der Waals surface area contributed by atoms with Gasteiger partial charge in [-0.3, -0.25) is 14.4 Å². The lowest BCUT2D eigenvalue weighted by molar-refractivity contribution is -0.250. The van der Waals surface area contributed by atoms with E-state index in [1.54, 1.807) is 0 Å². The Morgan fingerprint density at radius 1 is 1.07 bits per heavy atom. The average Bonchev–Trinajstić information content (AvgIpc) is 3.01.